The molecule has 2 N–H and O–H groups in total. The molecule has 3 heterocycles. The number of rotatable bonds is 5. The second-order valence-corrected chi connectivity index (χ2v) is 10.0. The molecule has 1 amide bonds. The standard InChI is InChI=1S/C20H22ClN5O3S/c1-13-23-10-14(11-24-13)18(26-6-8-30(28,29)9-7-26)12-25-20(27)16-2-3-17-15(19(16)21)4-5-22-17/h2-5,10-11,18,22H,6-9,12H2,1H3,(H,25,27). The van der Waals surface area contributed by atoms with Crippen LogP contribution in [0.2, 0.25) is 5.02 Å². The number of aryl methyl sites for hydroxylation is 1. The Morgan fingerprint density at radius 3 is 2.63 bits per heavy atom. The van der Waals surface area contributed by atoms with Crippen LogP contribution in [0.25, 0.3) is 10.9 Å². The van der Waals surface area contributed by atoms with Crippen molar-refractivity contribution in [1.82, 2.24) is 25.2 Å². The zero-order chi connectivity index (χ0) is 21.3. The van der Waals surface area contributed by atoms with Gasteiger partial charge in [-0.15, -0.1) is 0 Å². The molecule has 0 spiro atoms. The number of nitrogens with one attached hydrogen (secondary N) is 2. The first-order chi connectivity index (χ1) is 14.3. The van der Waals surface area contributed by atoms with E-state index in [0.29, 0.717) is 29.5 Å². The fraction of sp³-hybridized carbons (Fsp3) is 0.350. The summed E-state index contributed by atoms with van der Waals surface area (Å²) in [7, 11) is -3.01. The number of aromatic amines is 1. The highest BCUT2D eigenvalue weighted by Crippen LogP contribution is 2.27. The third kappa shape index (κ3) is 4.33. The summed E-state index contributed by atoms with van der Waals surface area (Å²) in [5.74, 6) is 0.556. The van der Waals surface area contributed by atoms with Gasteiger partial charge in [-0.1, -0.05) is 11.6 Å². The Morgan fingerprint density at radius 1 is 1.23 bits per heavy atom. The number of fused-ring (bicyclic) bond motifs is 1. The summed E-state index contributed by atoms with van der Waals surface area (Å²) in [4.78, 5) is 26.5. The van der Waals surface area contributed by atoms with E-state index >= 15 is 0 Å². The maximum absolute atomic E-state index is 12.9. The molecule has 1 unspecified atom stereocenters. The Bertz CT molecular complexity index is 1160. The SMILES string of the molecule is Cc1ncc(C(CNC(=O)c2ccc3[nH]ccc3c2Cl)N2CCS(=O)(=O)CC2)cn1. The van der Waals surface area contributed by atoms with Crippen LogP contribution in [0.1, 0.15) is 27.8 Å². The number of aromatic nitrogens is 3. The summed E-state index contributed by atoms with van der Waals surface area (Å²) in [6.07, 6.45) is 5.22. The Balaban J connectivity index is 1.54. The molecule has 1 fully saturated rings. The Labute approximate surface area is 179 Å². The lowest BCUT2D eigenvalue weighted by atomic mass is 10.1. The molecule has 2 aromatic heterocycles. The lowest BCUT2D eigenvalue weighted by Gasteiger charge is -2.34. The van der Waals surface area contributed by atoms with E-state index in [1.807, 2.05) is 17.0 Å². The third-order valence-electron chi connectivity index (χ3n) is 5.37. The lowest BCUT2D eigenvalue weighted by Crippen LogP contribution is -2.46. The zero-order valence-electron chi connectivity index (χ0n) is 16.4. The number of amides is 1. The third-order valence-corrected chi connectivity index (χ3v) is 7.39. The highest BCUT2D eigenvalue weighted by atomic mass is 35.5. The quantitative estimate of drug-likeness (QED) is 0.620. The Morgan fingerprint density at radius 2 is 1.93 bits per heavy atom. The van der Waals surface area contributed by atoms with E-state index in [1.165, 1.54) is 0 Å². The molecule has 10 heteroatoms. The molecule has 1 atom stereocenters. The van der Waals surface area contributed by atoms with Crippen LogP contribution in [0.5, 0.6) is 0 Å². The predicted molar refractivity (Wildman–Crippen MR) is 115 cm³/mol. The van der Waals surface area contributed by atoms with Crippen molar-refractivity contribution in [2.45, 2.75) is 13.0 Å². The summed E-state index contributed by atoms with van der Waals surface area (Å²) in [5, 5.41) is 4.13. The van der Waals surface area contributed by atoms with Crippen LogP contribution >= 0.6 is 11.6 Å². The first-order valence-electron chi connectivity index (χ1n) is 9.61. The van der Waals surface area contributed by atoms with E-state index in [2.05, 4.69) is 20.3 Å². The molecule has 1 aliphatic rings. The minimum atomic E-state index is -3.01. The fourth-order valence-electron chi connectivity index (χ4n) is 3.63. The van der Waals surface area contributed by atoms with Crippen LogP contribution in [0, 0.1) is 6.92 Å². The van der Waals surface area contributed by atoms with E-state index in [4.69, 9.17) is 11.6 Å². The number of carbonyl (C=O) groups is 1. The van der Waals surface area contributed by atoms with Crippen LogP contribution < -0.4 is 5.32 Å². The molecule has 30 heavy (non-hydrogen) atoms. The molecule has 4 rings (SSSR count). The number of hydrogen-bond donors (Lipinski definition) is 2. The van der Waals surface area contributed by atoms with E-state index in [9.17, 15) is 13.2 Å². The molecule has 1 saturated heterocycles. The average Bonchev–Trinajstić information content (AvgIpc) is 3.20. The van der Waals surface area contributed by atoms with E-state index < -0.39 is 9.84 Å². The number of nitrogens with zero attached hydrogens (tertiary/aromatic N) is 3. The predicted octanol–water partition coefficient (Wildman–Crippen LogP) is 2.12. The van der Waals surface area contributed by atoms with Crippen LogP contribution in [0.4, 0.5) is 0 Å². The molecule has 0 radical (unpaired) electrons. The van der Waals surface area contributed by atoms with Gasteiger partial charge in [0, 0.05) is 54.7 Å². The van der Waals surface area contributed by atoms with Crippen molar-refractivity contribution in [3.63, 3.8) is 0 Å². The van der Waals surface area contributed by atoms with Crippen molar-refractivity contribution in [2.24, 2.45) is 0 Å². The summed E-state index contributed by atoms with van der Waals surface area (Å²) >= 11 is 6.43. The molecular formula is C20H22ClN5O3S. The topological polar surface area (TPSA) is 108 Å². The second kappa shape index (κ2) is 8.33. The maximum atomic E-state index is 12.9. The first kappa shape index (κ1) is 20.8. The van der Waals surface area contributed by atoms with Gasteiger partial charge in [0.2, 0.25) is 0 Å². The van der Waals surface area contributed by atoms with Gasteiger partial charge in [-0.3, -0.25) is 9.69 Å². The maximum Gasteiger partial charge on any atom is 0.252 e. The average molecular weight is 448 g/mol. The van der Waals surface area contributed by atoms with Crippen LogP contribution in [0.3, 0.4) is 0 Å². The van der Waals surface area contributed by atoms with Gasteiger partial charge < -0.3 is 10.3 Å². The summed E-state index contributed by atoms with van der Waals surface area (Å²) in [5.41, 5.74) is 2.08. The lowest BCUT2D eigenvalue weighted by molar-refractivity contribution is 0.0934. The van der Waals surface area contributed by atoms with E-state index in [0.717, 1.165) is 16.5 Å². The van der Waals surface area contributed by atoms with Crippen molar-refractivity contribution in [3.8, 4) is 0 Å². The summed E-state index contributed by atoms with van der Waals surface area (Å²) in [6, 6.07) is 5.10. The number of hydrogen-bond acceptors (Lipinski definition) is 6. The normalized spacial score (nSPS) is 17.7. The zero-order valence-corrected chi connectivity index (χ0v) is 18.0. The molecule has 158 valence electrons. The molecule has 8 nitrogen and oxygen atoms in total. The molecular weight excluding hydrogens is 426 g/mol. The monoisotopic (exact) mass is 447 g/mol. The summed E-state index contributed by atoms with van der Waals surface area (Å²) < 4.78 is 23.7. The van der Waals surface area contributed by atoms with Gasteiger partial charge in [0.15, 0.2) is 9.84 Å². The highest BCUT2D eigenvalue weighted by molar-refractivity contribution is 7.91. The fourth-order valence-corrected chi connectivity index (χ4v) is 5.17. The second-order valence-electron chi connectivity index (χ2n) is 7.34. The van der Waals surface area contributed by atoms with Crippen LogP contribution in [-0.2, 0) is 9.84 Å². The number of H-pyrrole nitrogens is 1. The van der Waals surface area contributed by atoms with Crippen molar-refractivity contribution in [1.29, 1.82) is 0 Å². The minimum absolute atomic E-state index is 0.0974. The van der Waals surface area contributed by atoms with Gasteiger partial charge in [-0.25, -0.2) is 18.4 Å². The van der Waals surface area contributed by atoms with Crippen LogP contribution in [0.15, 0.2) is 36.8 Å². The molecule has 0 bridgehead atoms. The van der Waals surface area contributed by atoms with Crippen molar-refractivity contribution in [2.75, 3.05) is 31.1 Å². The number of sulfone groups is 1. The first-order valence-corrected chi connectivity index (χ1v) is 11.8. The van der Waals surface area contributed by atoms with Crippen LogP contribution in [-0.4, -0.2) is 65.3 Å². The van der Waals surface area contributed by atoms with Crippen molar-refractivity contribution in [3.05, 3.63) is 58.8 Å². The summed E-state index contributed by atoms with van der Waals surface area (Å²) in [6.45, 7) is 2.87. The molecule has 0 aliphatic carbocycles. The minimum Gasteiger partial charge on any atom is -0.361 e. The van der Waals surface area contributed by atoms with Gasteiger partial charge in [-0.2, -0.15) is 0 Å². The van der Waals surface area contributed by atoms with Gasteiger partial charge >= 0.3 is 0 Å². The number of benzene rings is 1. The van der Waals surface area contributed by atoms with Gasteiger partial charge in [0.1, 0.15) is 5.82 Å². The van der Waals surface area contributed by atoms with Gasteiger partial charge in [-0.05, 0) is 25.1 Å². The smallest absolute Gasteiger partial charge is 0.252 e. The Hall–Kier alpha value is -2.49. The highest BCUT2D eigenvalue weighted by Gasteiger charge is 2.29. The van der Waals surface area contributed by atoms with E-state index in [-0.39, 0.29) is 30.0 Å². The molecule has 3 aromatic rings. The van der Waals surface area contributed by atoms with Crippen molar-refractivity contribution >= 4 is 38.2 Å². The van der Waals surface area contributed by atoms with Crippen molar-refractivity contribution < 1.29 is 13.2 Å². The molecule has 1 aromatic carbocycles. The molecule has 1 aliphatic heterocycles. The number of carbonyl (C=O) groups excluding carboxylic acids is 1. The van der Waals surface area contributed by atoms with Gasteiger partial charge in [0.05, 0.1) is 28.1 Å². The largest absolute Gasteiger partial charge is 0.361 e. The van der Waals surface area contributed by atoms with Gasteiger partial charge in [0.25, 0.3) is 5.91 Å². The van der Waals surface area contributed by atoms with E-state index in [1.54, 1.807) is 31.6 Å². The number of halogens is 1. The Kier molecular flexibility index (Phi) is 5.77. The molecule has 0 saturated carbocycles.